The quantitative estimate of drug-likeness (QED) is 0.582. The molecule has 0 heterocycles. The molecule has 0 saturated heterocycles. The standard InChI is InChI=1S/C11H21Cl/c1-3-5-10-6-4-7-11(8-10)9(2)12/h9-11H,3-8H2,1-2H3. The van der Waals surface area contributed by atoms with E-state index in [0.29, 0.717) is 5.38 Å². The highest BCUT2D eigenvalue weighted by Gasteiger charge is 2.24. The lowest BCUT2D eigenvalue weighted by atomic mass is 9.78. The summed E-state index contributed by atoms with van der Waals surface area (Å²) in [6.07, 6.45) is 8.37. The summed E-state index contributed by atoms with van der Waals surface area (Å²) in [5.74, 6) is 1.78. The molecule has 12 heavy (non-hydrogen) atoms. The highest BCUT2D eigenvalue weighted by molar-refractivity contribution is 6.20. The summed E-state index contributed by atoms with van der Waals surface area (Å²) in [4.78, 5) is 0. The first-order valence-electron chi connectivity index (χ1n) is 5.38. The zero-order chi connectivity index (χ0) is 8.97. The molecular formula is C11H21Cl. The fourth-order valence-corrected chi connectivity index (χ4v) is 2.65. The van der Waals surface area contributed by atoms with E-state index < -0.39 is 0 Å². The van der Waals surface area contributed by atoms with Gasteiger partial charge < -0.3 is 0 Å². The van der Waals surface area contributed by atoms with Gasteiger partial charge in [0.2, 0.25) is 0 Å². The molecule has 0 bridgehead atoms. The van der Waals surface area contributed by atoms with Crippen molar-refractivity contribution in [3.63, 3.8) is 0 Å². The minimum absolute atomic E-state index is 0.393. The van der Waals surface area contributed by atoms with Gasteiger partial charge in [-0.25, -0.2) is 0 Å². The van der Waals surface area contributed by atoms with Gasteiger partial charge in [0.1, 0.15) is 0 Å². The van der Waals surface area contributed by atoms with Gasteiger partial charge in [0.25, 0.3) is 0 Å². The second-order valence-electron chi connectivity index (χ2n) is 4.26. The van der Waals surface area contributed by atoms with Gasteiger partial charge in [0.15, 0.2) is 0 Å². The predicted octanol–water partition coefficient (Wildman–Crippen LogP) is 4.22. The molecule has 0 aliphatic heterocycles. The van der Waals surface area contributed by atoms with E-state index >= 15 is 0 Å². The first kappa shape index (κ1) is 10.4. The lowest BCUT2D eigenvalue weighted by Crippen LogP contribution is -2.21. The molecule has 0 aromatic carbocycles. The number of alkyl halides is 1. The van der Waals surface area contributed by atoms with E-state index in [4.69, 9.17) is 11.6 Å². The monoisotopic (exact) mass is 188 g/mol. The summed E-state index contributed by atoms with van der Waals surface area (Å²) in [5, 5.41) is 0.393. The number of rotatable bonds is 3. The maximum Gasteiger partial charge on any atom is 0.0336 e. The Morgan fingerprint density at radius 1 is 1.42 bits per heavy atom. The van der Waals surface area contributed by atoms with Gasteiger partial charge >= 0.3 is 0 Å². The zero-order valence-electron chi connectivity index (χ0n) is 8.35. The first-order chi connectivity index (χ1) is 5.74. The SMILES string of the molecule is CCCC1CCCC(C(C)Cl)C1. The molecule has 1 fully saturated rings. The van der Waals surface area contributed by atoms with Gasteiger partial charge in [-0.15, -0.1) is 11.6 Å². The molecule has 1 heteroatoms. The summed E-state index contributed by atoms with van der Waals surface area (Å²) in [5.41, 5.74) is 0. The molecular weight excluding hydrogens is 168 g/mol. The Kier molecular flexibility index (Phi) is 4.42. The van der Waals surface area contributed by atoms with Crippen molar-refractivity contribution in [1.29, 1.82) is 0 Å². The molecule has 0 aromatic rings. The summed E-state index contributed by atoms with van der Waals surface area (Å²) >= 11 is 6.12. The van der Waals surface area contributed by atoms with Crippen LogP contribution in [0.4, 0.5) is 0 Å². The van der Waals surface area contributed by atoms with Gasteiger partial charge in [0, 0.05) is 5.38 Å². The Hall–Kier alpha value is 0.290. The van der Waals surface area contributed by atoms with Gasteiger partial charge in [-0.05, 0) is 31.6 Å². The van der Waals surface area contributed by atoms with E-state index in [0.717, 1.165) is 11.8 Å². The van der Waals surface area contributed by atoms with E-state index in [1.54, 1.807) is 0 Å². The van der Waals surface area contributed by atoms with Crippen LogP contribution in [-0.2, 0) is 0 Å². The maximum absolute atomic E-state index is 6.12. The van der Waals surface area contributed by atoms with Gasteiger partial charge in [-0.1, -0.05) is 32.6 Å². The molecule has 3 unspecified atom stereocenters. The van der Waals surface area contributed by atoms with Crippen LogP contribution >= 0.6 is 11.6 Å². The van der Waals surface area contributed by atoms with Crippen LogP contribution in [0.3, 0.4) is 0 Å². The fraction of sp³-hybridized carbons (Fsp3) is 1.00. The second kappa shape index (κ2) is 5.11. The van der Waals surface area contributed by atoms with Crippen molar-refractivity contribution < 1.29 is 0 Å². The van der Waals surface area contributed by atoms with E-state index in [9.17, 15) is 0 Å². The smallest absolute Gasteiger partial charge is 0.0336 e. The Morgan fingerprint density at radius 2 is 2.17 bits per heavy atom. The molecule has 0 radical (unpaired) electrons. The third-order valence-electron chi connectivity index (χ3n) is 3.17. The van der Waals surface area contributed by atoms with Crippen LogP contribution in [0, 0.1) is 11.8 Å². The second-order valence-corrected chi connectivity index (χ2v) is 4.95. The van der Waals surface area contributed by atoms with E-state index in [1.165, 1.54) is 38.5 Å². The van der Waals surface area contributed by atoms with E-state index in [-0.39, 0.29) is 0 Å². The van der Waals surface area contributed by atoms with Crippen LogP contribution < -0.4 is 0 Å². The largest absolute Gasteiger partial charge is 0.123 e. The van der Waals surface area contributed by atoms with Crippen LogP contribution in [0.25, 0.3) is 0 Å². The molecule has 0 N–H and O–H groups in total. The molecule has 1 aliphatic carbocycles. The van der Waals surface area contributed by atoms with Crippen LogP contribution in [0.1, 0.15) is 52.4 Å². The van der Waals surface area contributed by atoms with Crippen LogP contribution in [0.15, 0.2) is 0 Å². The van der Waals surface area contributed by atoms with E-state index in [1.807, 2.05) is 0 Å². The summed E-state index contributed by atoms with van der Waals surface area (Å²) in [7, 11) is 0. The van der Waals surface area contributed by atoms with Gasteiger partial charge in [-0.2, -0.15) is 0 Å². The Labute approximate surface area is 81.7 Å². The average molecular weight is 189 g/mol. The van der Waals surface area contributed by atoms with Gasteiger partial charge in [-0.3, -0.25) is 0 Å². The molecule has 72 valence electrons. The topological polar surface area (TPSA) is 0 Å². The molecule has 0 nitrogen and oxygen atoms in total. The molecule has 1 aliphatic rings. The lowest BCUT2D eigenvalue weighted by Gasteiger charge is -2.30. The summed E-state index contributed by atoms with van der Waals surface area (Å²) in [6, 6.07) is 0. The minimum atomic E-state index is 0.393. The Balaban J connectivity index is 2.30. The van der Waals surface area contributed by atoms with Crippen molar-refractivity contribution in [3.8, 4) is 0 Å². The van der Waals surface area contributed by atoms with Crippen LogP contribution in [0.2, 0.25) is 0 Å². The van der Waals surface area contributed by atoms with Crippen molar-refractivity contribution in [1.82, 2.24) is 0 Å². The molecule has 0 aromatic heterocycles. The van der Waals surface area contributed by atoms with Crippen LogP contribution in [0.5, 0.6) is 0 Å². The van der Waals surface area contributed by atoms with E-state index in [2.05, 4.69) is 13.8 Å². The third-order valence-corrected chi connectivity index (χ3v) is 3.53. The predicted molar refractivity (Wildman–Crippen MR) is 55.7 cm³/mol. The lowest BCUT2D eigenvalue weighted by molar-refractivity contribution is 0.251. The Bertz CT molecular complexity index is 118. The van der Waals surface area contributed by atoms with Crippen molar-refractivity contribution in [2.24, 2.45) is 11.8 Å². The summed E-state index contributed by atoms with van der Waals surface area (Å²) < 4.78 is 0. The third kappa shape index (κ3) is 2.97. The summed E-state index contributed by atoms with van der Waals surface area (Å²) in [6.45, 7) is 4.44. The minimum Gasteiger partial charge on any atom is -0.123 e. The molecule has 1 saturated carbocycles. The number of halogens is 1. The fourth-order valence-electron chi connectivity index (χ4n) is 2.42. The van der Waals surface area contributed by atoms with Crippen molar-refractivity contribution in [2.75, 3.05) is 0 Å². The van der Waals surface area contributed by atoms with Crippen molar-refractivity contribution >= 4 is 11.6 Å². The molecule has 3 atom stereocenters. The molecule has 1 rings (SSSR count). The Morgan fingerprint density at radius 3 is 2.75 bits per heavy atom. The van der Waals surface area contributed by atoms with Crippen LogP contribution in [-0.4, -0.2) is 5.38 Å². The maximum atomic E-state index is 6.12. The van der Waals surface area contributed by atoms with Crippen molar-refractivity contribution in [3.05, 3.63) is 0 Å². The zero-order valence-corrected chi connectivity index (χ0v) is 9.11. The highest BCUT2D eigenvalue weighted by Crippen LogP contribution is 2.35. The number of hydrogen-bond acceptors (Lipinski definition) is 0. The molecule has 0 spiro atoms. The number of hydrogen-bond donors (Lipinski definition) is 0. The first-order valence-corrected chi connectivity index (χ1v) is 5.81. The highest BCUT2D eigenvalue weighted by atomic mass is 35.5. The van der Waals surface area contributed by atoms with Crippen molar-refractivity contribution in [2.45, 2.75) is 57.7 Å². The van der Waals surface area contributed by atoms with Gasteiger partial charge in [0.05, 0.1) is 0 Å². The molecule has 0 amide bonds. The average Bonchev–Trinajstić information content (AvgIpc) is 2.05. The normalized spacial score (nSPS) is 33.2.